The summed E-state index contributed by atoms with van der Waals surface area (Å²) in [7, 11) is -2.89. The van der Waals surface area contributed by atoms with Crippen molar-refractivity contribution in [1.82, 2.24) is 9.97 Å². The third kappa shape index (κ3) is 2.32. The minimum Gasteiger partial charge on any atom is -0.508 e. The van der Waals surface area contributed by atoms with Gasteiger partial charge in [0, 0.05) is 12.1 Å². The number of hydrogen-bond donors (Lipinski definition) is 2. The van der Waals surface area contributed by atoms with E-state index in [2.05, 4.69) is 9.97 Å². The summed E-state index contributed by atoms with van der Waals surface area (Å²) < 4.78 is 37.1. The van der Waals surface area contributed by atoms with Crippen LogP contribution in [0, 0.1) is 6.92 Å². The van der Waals surface area contributed by atoms with Crippen molar-refractivity contribution in [2.45, 2.75) is 11.8 Å². The van der Waals surface area contributed by atoms with Crippen LogP contribution in [0.1, 0.15) is 5.56 Å². The molecule has 0 spiro atoms. The molecule has 0 unspecified atom stereocenters. The highest BCUT2D eigenvalue weighted by atomic mass is 32.2. The fraction of sp³-hybridized carbons (Fsp3) is 0.143. The van der Waals surface area contributed by atoms with Crippen LogP contribution in [-0.4, -0.2) is 35.2 Å². The Kier molecular flexibility index (Phi) is 3.15. The molecule has 1 heterocycles. The highest BCUT2D eigenvalue weighted by Crippen LogP contribution is 2.30. The molecule has 3 rings (SSSR count). The molecule has 2 aromatic carbocycles. The first-order valence-electron chi connectivity index (χ1n) is 6.26. The quantitative estimate of drug-likeness (QED) is 0.549. The van der Waals surface area contributed by atoms with Gasteiger partial charge in [0.25, 0.3) is 10.1 Å². The second-order valence-electron chi connectivity index (χ2n) is 4.82. The number of ether oxygens (including phenoxy) is 1. The Labute approximate surface area is 126 Å². The number of rotatable bonds is 2. The van der Waals surface area contributed by atoms with Crippen molar-refractivity contribution in [2.24, 2.45) is 0 Å². The minimum absolute atomic E-state index is 0.0416. The van der Waals surface area contributed by atoms with Gasteiger partial charge < -0.3 is 9.84 Å². The lowest BCUT2D eigenvalue weighted by Gasteiger charge is -2.09. The molecule has 0 saturated heterocycles. The number of aromatic hydroxyl groups is 1. The molecule has 1 aromatic heterocycles. The van der Waals surface area contributed by atoms with Crippen LogP contribution in [0.15, 0.2) is 29.2 Å². The predicted octanol–water partition coefficient (Wildman–Crippen LogP) is 2.05. The number of aromatic nitrogens is 2. The van der Waals surface area contributed by atoms with Gasteiger partial charge in [-0.05, 0) is 24.6 Å². The second kappa shape index (κ2) is 4.79. The van der Waals surface area contributed by atoms with Gasteiger partial charge in [0.15, 0.2) is 0 Å². The van der Waals surface area contributed by atoms with E-state index in [0.29, 0.717) is 33.4 Å². The van der Waals surface area contributed by atoms with Gasteiger partial charge in [0.1, 0.15) is 17.0 Å². The summed E-state index contributed by atoms with van der Waals surface area (Å²) in [6.07, 6.45) is 0. The molecule has 0 radical (unpaired) electrons. The van der Waals surface area contributed by atoms with E-state index in [9.17, 15) is 18.1 Å². The van der Waals surface area contributed by atoms with E-state index < -0.39 is 10.1 Å². The van der Waals surface area contributed by atoms with E-state index in [1.807, 2.05) is 0 Å². The SMILES string of the molecule is COc1cc(O)cc2nc3cc(S(=O)(=O)O)c(C)cc3nc12. The predicted molar refractivity (Wildman–Crippen MR) is 79.8 cm³/mol. The molecule has 22 heavy (non-hydrogen) atoms. The maximum absolute atomic E-state index is 11.4. The molecule has 2 N–H and O–H groups in total. The van der Waals surface area contributed by atoms with Crippen molar-refractivity contribution in [2.75, 3.05) is 7.11 Å². The zero-order chi connectivity index (χ0) is 16.1. The molecule has 114 valence electrons. The van der Waals surface area contributed by atoms with Gasteiger partial charge in [-0.25, -0.2) is 9.97 Å². The molecular weight excluding hydrogens is 308 g/mol. The van der Waals surface area contributed by atoms with Crippen molar-refractivity contribution >= 4 is 32.2 Å². The van der Waals surface area contributed by atoms with Crippen LogP contribution in [0.25, 0.3) is 22.1 Å². The zero-order valence-corrected chi connectivity index (χ0v) is 12.5. The number of nitrogens with zero attached hydrogens (tertiary/aromatic N) is 2. The van der Waals surface area contributed by atoms with E-state index in [1.54, 1.807) is 6.92 Å². The van der Waals surface area contributed by atoms with Crippen molar-refractivity contribution < 1.29 is 22.8 Å². The average molecular weight is 320 g/mol. The first-order valence-corrected chi connectivity index (χ1v) is 7.70. The number of methoxy groups -OCH3 is 1. The van der Waals surface area contributed by atoms with Gasteiger partial charge in [0.2, 0.25) is 0 Å². The number of benzene rings is 2. The van der Waals surface area contributed by atoms with E-state index >= 15 is 0 Å². The number of phenolic OH excluding ortho intramolecular Hbond substituents is 1. The molecule has 0 aliphatic carbocycles. The molecular formula is C14H12N2O5S. The summed E-state index contributed by atoms with van der Waals surface area (Å²) in [4.78, 5) is 8.46. The maximum atomic E-state index is 11.4. The smallest absolute Gasteiger partial charge is 0.294 e. The normalized spacial score (nSPS) is 12.0. The molecule has 8 heteroatoms. The topological polar surface area (TPSA) is 110 Å². The van der Waals surface area contributed by atoms with Crippen LogP contribution in [0.2, 0.25) is 0 Å². The number of fused-ring (bicyclic) bond motifs is 2. The Morgan fingerprint density at radius 1 is 1.05 bits per heavy atom. The summed E-state index contributed by atoms with van der Waals surface area (Å²) in [5.74, 6) is 0.320. The van der Waals surface area contributed by atoms with Gasteiger partial charge in [0.05, 0.1) is 28.6 Å². The minimum atomic E-state index is -4.34. The van der Waals surface area contributed by atoms with Crippen LogP contribution < -0.4 is 4.74 Å². The van der Waals surface area contributed by atoms with E-state index in [4.69, 9.17) is 4.74 Å². The van der Waals surface area contributed by atoms with Gasteiger partial charge in [-0.2, -0.15) is 8.42 Å². The summed E-state index contributed by atoms with van der Waals surface area (Å²) in [5.41, 5.74) is 1.92. The average Bonchev–Trinajstić information content (AvgIpc) is 2.42. The number of aryl methyl sites for hydroxylation is 1. The molecule has 3 aromatic rings. The highest BCUT2D eigenvalue weighted by Gasteiger charge is 2.16. The van der Waals surface area contributed by atoms with Crippen molar-refractivity contribution in [3.05, 3.63) is 29.8 Å². The zero-order valence-electron chi connectivity index (χ0n) is 11.7. The molecule has 0 bridgehead atoms. The lowest BCUT2D eigenvalue weighted by molar-refractivity contribution is 0.412. The van der Waals surface area contributed by atoms with Crippen LogP contribution in [0.5, 0.6) is 11.5 Å². The third-order valence-corrected chi connectivity index (χ3v) is 4.28. The molecule has 0 aliphatic heterocycles. The van der Waals surface area contributed by atoms with Crippen LogP contribution in [0.3, 0.4) is 0 Å². The van der Waals surface area contributed by atoms with Gasteiger partial charge in [-0.3, -0.25) is 4.55 Å². The lowest BCUT2D eigenvalue weighted by atomic mass is 10.2. The Bertz CT molecular complexity index is 1010. The van der Waals surface area contributed by atoms with Gasteiger partial charge >= 0.3 is 0 Å². The summed E-state index contributed by atoms with van der Waals surface area (Å²) in [5, 5.41) is 9.66. The Balaban J connectivity index is 2.43. The standard InChI is InChI=1S/C14H12N2O5S/c1-7-3-9-10(6-13(7)22(18,19)20)15-11-4-8(17)5-12(21-2)14(11)16-9/h3-6,17H,1-2H3,(H,18,19,20). The fourth-order valence-electron chi connectivity index (χ4n) is 2.30. The molecule has 7 nitrogen and oxygen atoms in total. The lowest BCUT2D eigenvalue weighted by Crippen LogP contribution is -2.02. The number of phenols is 1. The monoisotopic (exact) mass is 320 g/mol. The summed E-state index contributed by atoms with van der Waals surface area (Å²) in [6, 6.07) is 5.60. The maximum Gasteiger partial charge on any atom is 0.294 e. The summed E-state index contributed by atoms with van der Waals surface area (Å²) >= 11 is 0. The fourth-order valence-corrected chi connectivity index (χ4v) is 3.03. The highest BCUT2D eigenvalue weighted by molar-refractivity contribution is 7.85. The molecule has 0 fully saturated rings. The van der Waals surface area contributed by atoms with Gasteiger partial charge in [-0.1, -0.05) is 0 Å². The number of hydrogen-bond acceptors (Lipinski definition) is 6. The second-order valence-corrected chi connectivity index (χ2v) is 6.21. The Morgan fingerprint density at radius 3 is 2.36 bits per heavy atom. The van der Waals surface area contributed by atoms with Crippen LogP contribution in [-0.2, 0) is 10.1 Å². The Hall–Kier alpha value is -2.45. The first kappa shape index (κ1) is 14.5. The third-order valence-electron chi connectivity index (χ3n) is 3.28. The van der Waals surface area contributed by atoms with Crippen molar-refractivity contribution in [3.63, 3.8) is 0 Å². The van der Waals surface area contributed by atoms with Crippen LogP contribution >= 0.6 is 0 Å². The molecule has 0 aliphatic rings. The van der Waals surface area contributed by atoms with Gasteiger partial charge in [-0.15, -0.1) is 0 Å². The van der Waals surface area contributed by atoms with Crippen molar-refractivity contribution in [3.8, 4) is 11.5 Å². The van der Waals surface area contributed by atoms with Crippen molar-refractivity contribution in [1.29, 1.82) is 0 Å². The largest absolute Gasteiger partial charge is 0.508 e. The van der Waals surface area contributed by atoms with E-state index in [1.165, 1.54) is 31.4 Å². The molecule has 0 amide bonds. The van der Waals surface area contributed by atoms with E-state index in [0.717, 1.165) is 0 Å². The van der Waals surface area contributed by atoms with Crippen LogP contribution in [0.4, 0.5) is 0 Å². The Morgan fingerprint density at radius 2 is 1.73 bits per heavy atom. The molecule has 0 atom stereocenters. The first-order chi connectivity index (χ1) is 10.3. The van der Waals surface area contributed by atoms with E-state index in [-0.39, 0.29) is 10.6 Å². The summed E-state index contributed by atoms with van der Waals surface area (Å²) in [6.45, 7) is 1.56. The molecule has 0 saturated carbocycles.